The van der Waals surface area contributed by atoms with Crippen LogP contribution in [0.1, 0.15) is 5.56 Å². The van der Waals surface area contributed by atoms with Crippen LogP contribution in [0.25, 0.3) is 0 Å². The van der Waals surface area contributed by atoms with Crippen LogP contribution < -0.4 is 11.5 Å². The van der Waals surface area contributed by atoms with Gasteiger partial charge in [-0.2, -0.15) is 0 Å². The first-order valence-electron chi connectivity index (χ1n) is 3.31. The van der Waals surface area contributed by atoms with Gasteiger partial charge in [-0.3, -0.25) is 0 Å². The number of nitrogens with two attached hydrogens (primary N) is 2. The fraction of sp³-hybridized carbons (Fsp3) is 0.143. The molecule has 0 saturated heterocycles. The molecule has 0 radical (unpaired) electrons. The van der Waals surface area contributed by atoms with E-state index < -0.39 is 41.1 Å². The maximum absolute atomic E-state index is 12.8. The Morgan fingerprint density at radius 1 is 0.857 bits per heavy atom. The standard InChI is InChI=1S/C7H6F4N2.ClH/c8-3-2(1-12)4(9)6(11)7(13)5(3)10;/h1,12-13H2;1H. The minimum absolute atomic E-state index is 0. The van der Waals surface area contributed by atoms with Crippen molar-refractivity contribution >= 4 is 18.1 Å². The lowest BCUT2D eigenvalue weighted by atomic mass is 10.1. The molecule has 1 aromatic rings. The van der Waals surface area contributed by atoms with Crippen molar-refractivity contribution in [3.8, 4) is 0 Å². The zero-order valence-electron chi connectivity index (χ0n) is 6.78. The summed E-state index contributed by atoms with van der Waals surface area (Å²) in [7, 11) is 0. The summed E-state index contributed by atoms with van der Waals surface area (Å²) in [4.78, 5) is 0. The van der Waals surface area contributed by atoms with E-state index in [2.05, 4.69) is 0 Å². The molecule has 2 nitrogen and oxygen atoms in total. The van der Waals surface area contributed by atoms with Crippen molar-refractivity contribution in [3.05, 3.63) is 28.8 Å². The van der Waals surface area contributed by atoms with Gasteiger partial charge in [-0.25, -0.2) is 17.6 Å². The van der Waals surface area contributed by atoms with Crippen molar-refractivity contribution in [3.63, 3.8) is 0 Å². The summed E-state index contributed by atoms with van der Waals surface area (Å²) in [5.74, 6) is -6.31. The first-order valence-corrected chi connectivity index (χ1v) is 3.31. The van der Waals surface area contributed by atoms with Crippen molar-refractivity contribution in [2.24, 2.45) is 5.73 Å². The van der Waals surface area contributed by atoms with E-state index in [0.717, 1.165) is 0 Å². The highest BCUT2D eigenvalue weighted by molar-refractivity contribution is 5.85. The molecule has 0 atom stereocenters. The van der Waals surface area contributed by atoms with E-state index >= 15 is 0 Å². The Morgan fingerprint density at radius 2 is 1.21 bits per heavy atom. The van der Waals surface area contributed by atoms with E-state index in [9.17, 15) is 17.6 Å². The molecule has 4 N–H and O–H groups in total. The number of hydrogen-bond acceptors (Lipinski definition) is 2. The SMILES string of the molecule is Cl.NCc1c(F)c(F)c(N)c(F)c1F. The third kappa shape index (κ3) is 1.76. The fourth-order valence-electron chi connectivity index (χ4n) is 0.873. The van der Waals surface area contributed by atoms with E-state index in [0.29, 0.717) is 0 Å². The second-order valence-corrected chi connectivity index (χ2v) is 2.35. The summed E-state index contributed by atoms with van der Waals surface area (Å²) in [6.07, 6.45) is 0. The van der Waals surface area contributed by atoms with Gasteiger partial charge in [-0.1, -0.05) is 0 Å². The van der Waals surface area contributed by atoms with Gasteiger partial charge in [-0.15, -0.1) is 12.4 Å². The molecule has 1 rings (SSSR count). The maximum atomic E-state index is 12.8. The predicted molar refractivity (Wildman–Crippen MR) is 45.8 cm³/mol. The van der Waals surface area contributed by atoms with Gasteiger partial charge in [0, 0.05) is 12.1 Å². The second-order valence-electron chi connectivity index (χ2n) is 2.35. The summed E-state index contributed by atoms with van der Waals surface area (Å²) in [5, 5.41) is 0. The van der Waals surface area contributed by atoms with Crippen molar-refractivity contribution in [1.29, 1.82) is 0 Å². The number of rotatable bonds is 1. The van der Waals surface area contributed by atoms with Gasteiger partial charge >= 0.3 is 0 Å². The highest BCUT2D eigenvalue weighted by atomic mass is 35.5. The topological polar surface area (TPSA) is 52.0 Å². The second kappa shape index (κ2) is 4.47. The molecular weight excluding hydrogens is 224 g/mol. The van der Waals surface area contributed by atoms with Gasteiger partial charge < -0.3 is 11.5 Å². The quantitative estimate of drug-likeness (QED) is 0.438. The monoisotopic (exact) mass is 230 g/mol. The molecule has 7 heteroatoms. The zero-order valence-corrected chi connectivity index (χ0v) is 7.60. The third-order valence-corrected chi connectivity index (χ3v) is 1.59. The molecule has 1 aromatic carbocycles. The minimum atomic E-state index is -1.61. The molecule has 14 heavy (non-hydrogen) atoms. The molecule has 80 valence electrons. The van der Waals surface area contributed by atoms with Gasteiger partial charge in [0.15, 0.2) is 23.3 Å². The molecule has 0 unspecified atom stereocenters. The Balaban J connectivity index is 0.00000169. The normalized spacial score (nSPS) is 9.79. The van der Waals surface area contributed by atoms with Crippen LogP contribution in [-0.2, 0) is 6.54 Å². The Morgan fingerprint density at radius 3 is 1.50 bits per heavy atom. The smallest absolute Gasteiger partial charge is 0.185 e. The fourth-order valence-corrected chi connectivity index (χ4v) is 0.873. The number of nitrogen functional groups attached to an aromatic ring is 1. The van der Waals surface area contributed by atoms with E-state index in [1.165, 1.54) is 0 Å². The Bertz CT molecular complexity index is 327. The average molecular weight is 231 g/mol. The summed E-state index contributed by atoms with van der Waals surface area (Å²) < 4.78 is 50.8. The first-order chi connectivity index (χ1) is 6.00. The highest BCUT2D eigenvalue weighted by Gasteiger charge is 2.22. The maximum Gasteiger partial charge on any atom is 0.185 e. The molecule has 0 amide bonds. The Hall–Kier alpha value is -1.01. The molecule has 0 saturated carbocycles. The first kappa shape index (κ1) is 13.0. The van der Waals surface area contributed by atoms with Crippen molar-refractivity contribution in [2.45, 2.75) is 6.54 Å². The summed E-state index contributed by atoms with van der Waals surface area (Å²) in [5.41, 5.74) is 7.60. The van der Waals surface area contributed by atoms with E-state index in [1.54, 1.807) is 0 Å². The molecule has 0 aliphatic heterocycles. The van der Waals surface area contributed by atoms with Crippen molar-refractivity contribution in [2.75, 3.05) is 5.73 Å². The lowest BCUT2D eigenvalue weighted by Crippen LogP contribution is -2.11. The molecule has 0 bridgehead atoms. The summed E-state index contributed by atoms with van der Waals surface area (Å²) >= 11 is 0. The zero-order chi connectivity index (χ0) is 10.2. The van der Waals surface area contributed by atoms with Crippen LogP contribution in [0, 0.1) is 23.3 Å². The van der Waals surface area contributed by atoms with Crippen molar-refractivity contribution in [1.82, 2.24) is 0 Å². The molecular formula is C7H7ClF4N2. The summed E-state index contributed by atoms with van der Waals surface area (Å²) in [6, 6.07) is 0. The van der Waals surface area contributed by atoms with Crippen LogP contribution in [0.2, 0.25) is 0 Å². The average Bonchev–Trinajstić information content (AvgIpc) is 2.13. The van der Waals surface area contributed by atoms with Gasteiger partial charge in [0.2, 0.25) is 0 Å². The molecule has 0 aromatic heterocycles. The van der Waals surface area contributed by atoms with Crippen molar-refractivity contribution < 1.29 is 17.6 Å². The lowest BCUT2D eigenvalue weighted by Gasteiger charge is -2.06. The van der Waals surface area contributed by atoms with Gasteiger partial charge in [-0.05, 0) is 0 Å². The minimum Gasteiger partial charge on any atom is -0.394 e. The predicted octanol–water partition coefficient (Wildman–Crippen LogP) is 1.71. The largest absolute Gasteiger partial charge is 0.394 e. The molecule has 0 aliphatic carbocycles. The van der Waals surface area contributed by atoms with Crippen LogP contribution in [0.15, 0.2) is 0 Å². The molecule has 0 aliphatic rings. The molecule has 0 heterocycles. The number of anilines is 1. The summed E-state index contributed by atoms with van der Waals surface area (Å²) in [6.45, 7) is -0.633. The molecule has 0 spiro atoms. The number of hydrogen-bond donors (Lipinski definition) is 2. The third-order valence-electron chi connectivity index (χ3n) is 1.59. The van der Waals surface area contributed by atoms with Crippen LogP contribution in [0.3, 0.4) is 0 Å². The number of benzene rings is 1. The highest BCUT2D eigenvalue weighted by Crippen LogP contribution is 2.25. The van der Waals surface area contributed by atoms with Gasteiger partial charge in [0.1, 0.15) is 5.69 Å². The van der Waals surface area contributed by atoms with E-state index in [4.69, 9.17) is 11.5 Å². The van der Waals surface area contributed by atoms with Crippen LogP contribution in [0.5, 0.6) is 0 Å². The van der Waals surface area contributed by atoms with Crippen LogP contribution in [-0.4, -0.2) is 0 Å². The van der Waals surface area contributed by atoms with Crippen LogP contribution in [0.4, 0.5) is 23.2 Å². The lowest BCUT2D eigenvalue weighted by molar-refractivity contribution is 0.445. The molecule has 0 fully saturated rings. The van der Waals surface area contributed by atoms with Crippen LogP contribution >= 0.6 is 12.4 Å². The van der Waals surface area contributed by atoms with Gasteiger partial charge in [0.05, 0.1) is 0 Å². The van der Waals surface area contributed by atoms with Gasteiger partial charge in [0.25, 0.3) is 0 Å². The van der Waals surface area contributed by atoms with E-state index in [-0.39, 0.29) is 12.4 Å². The number of halogens is 5. The Labute approximate surface area is 83.3 Å². The van der Waals surface area contributed by atoms with E-state index in [1.807, 2.05) is 0 Å². The Kier molecular flexibility index (Phi) is 4.15.